The Labute approximate surface area is 118 Å². The van der Waals surface area contributed by atoms with Crippen LogP contribution in [0.15, 0.2) is 30.3 Å². The molecule has 0 fully saturated rings. The van der Waals surface area contributed by atoms with Gasteiger partial charge in [0.2, 0.25) is 5.54 Å². The number of benzene rings is 1. The van der Waals surface area contributed by atoms with E-state index in [9.17, 15) is 14.7 Å². The zero-order chi connectivity index (χ0) is 15.4. The van der Waals surface area contributed by atoms with E-state index in [1.165, 1.54) is 0 Å². The Hall–Kier alpha value is -1.88. The molecule has 0 heterocycles. The summed E-state index contributed by atoms with van der Waals surface area (Å²) in [7, 11) is 0. The van der Waals surface area contributed by atoms with Crippen molar-refractivity contribution < 1.29 is 19.4 Å². The van der Waals surface area contributed by atoms with Gasteiger partial charge >= 0.3 is 11.9 Å². The van der Waals surface area contributed by atoms with Crippen LogP contribution in [0.1, 0.15) is 32.8 Å². The van der Waals surface area contributed by atoms with Crippen molar-refractivity contribution in [1.29, 1.82) is 0 Å². The molecule has 20 heavy (non-hydrogen) atoms. The molecule has 3 N–H and O–H groups in total. The Morgan fingerprint density at radius 2 is 1.75 bits per heavy atom. The minimum atomic E-state index is -2.02. The topological polar surface area (TPSA) is 89.6 Å². The summed E-state index contributed by atoms with van der Waals surface area (Å²) in [6.45, 7) is 5.01. The number of hydrogen-bond acceptors (Lipinski definition) is 4. The summed E-state index contributed by atoms with van der Waals surface area (Å²) in [5.41, 5.74) is 3.89. The van der Waals surface area contributed by atoms with Crippen molar-refractivity contribution in [3.05, 3.63) is 35.9 Å². The quantitative estimate of drug-likeness (QED) is 0.633. The molecule has 0 saturated heterocycles. The first-order chi connectivity index (χ1) is 9.15. The molecule has 0 aromatic heterocycles. The first-order valence-corrected chi connectivity index (χ1v) is 6.45. The van der Waals surface area contributed by atoms with Gasteiger partial charge in [-0.3, -0.25) is 0 Å². The van der Waals surface area contributed by atoms with E-state index in [-0.39, 0.29) is 6.42 Å². The summed E-state index contributed by atoms with van der Waals surface area (Å²) in [6, 6.07) is 9.28. The summed E-state index contributed by atoms with van der Waals surface area (Å²) in [5, 5.41) is 9.25. The number of ether oxygens (including phenoxy) is 1. The normalized spacial score (nSPS) is 14.4. The molecule has 1 atom stereocenters. The maximum absolute atomic E-state index is 12.0. The van der Waals surface area contributed by atoms with Crippen molar-refractivity contribution in [2.75, 3.05) is 0 Å². The third-order valence-electron chi connectivity index (χ3n) is 2.80. The lowest BCUT2D eigenvalue weighted by molar-refractivity contribution is -0.169. The van der Waals surface area contributed by atoms with Gasteiger partial charge in [0.05, 0.1) is 0 Å². The number of aliphatic carboxylic acids is 1. The van der Waals surface area contributed by atoms with Crippen molar-refractivity contribution in [3.63, 3.8) is 0 Å². The molecular formula is C15H21NO4. The van der Waals surface area contributed by atoms with Gasteiger partial charge in [-0.05, 0) is 39.2 Å². The molecule has 5 nitrogen and oxygen atoms in total. The molecule has 0 aliphatic rings. The summed E-state index contributed by atoms with van der Waals surface area (Å²) in [4.78, 5) is 23.4. The number of carbonyl (C=O) groups is 2. The highest BCUT2D eigenvalue weighted by Crippen LogP contribution is 2.18. The molecule has 0 amide bonds. The number of aryl methyl sites for hydroxylation is 1. The van der Waals surface area contributed by atoms with Gasteiger partial charge < -0.3 is 15.6 Å². The lowest BCUT2D eigenvalue weighted by atomic mass is 9.92. The molecule has 1 aromatic rings. The lowest BCUT2D eigenvalue weighted by Crippen LogP contribution is -2.57. The van der Waals surface area contributed by atoms with Gasteiger partial charge in [-0.2, -0.15) is 0 Å². The predicted molar refractivity (Wildman–Crippen MR) is 75.2 cm³/mol. The van der Waals surface area contributed by atoms with E-state index in [2.05, 4.69) is 0 Å². The maximum atomic E-state index is 12.0. The zero-order valence-corrected chi connectivity index (χ0v) is 12.1. The Morgan fingerprint density at radius 1 is 1.20 bits per heavy atom. The fourth-order valence-electron chi connectivity index (χ4n) is 1.65. The zero-order valence-electron chi connectivity index (χ0n) is 12.1. The Balaban J connectivity index is 2.82. The predicted octanol–water partition coefficient (Wildman–Crippen LogP) is 1.74. The maximum Gasteiger partial charge on any atom is 0.338 e. The van der Waals surface area contributed by atoms with Crippen LogP contribution in [0.4, 0.5) is 0 Å². The Morgan fingerprint density at radius 3 is 2.20 bits per heavy atom. The standard InChI is InChI=1S/C15H21NO4/c1-14(2,3)20-13(19)15(16,12(17)18)10-9-11-7-5-4-6-8-11/h4-8H,9-10,16H2,1-3H3,(H,17,18)/t15-/m0/s1. The Kier molecular flexibility index (Phi) is 4.89. The first-order valence-electron chi connectivity index (χ1n) is 6.45. The molecule has 110 valence electrons. The monoisotopic (exact) mass is 279 g/mol. The fourth-order valence-corrected chi connectivity index (χ4v) is 1.65. The van der Waals surface area contributed by atoms with Gasteiger partial charge in [-0.15, -0.1) is 0 Å². The third kappa shape index (κ3) is 4.35. The second-order valence-corrected chi connectivity index (χ2v) is 5.76. The van der Waals surface area contributed by atoms with Crippen LogP contribution in [-0.2, 0) is 20.7 Å². The minimum Gasteiger partial charge on any atom is -0.479 e. The fraction of sp³-hybridized carbons (Fsp3) is 0.467. The van der Waals surface area contributed by atoms with Crippen LogP contribution >= 0.6 is 0 Å². The molecule has 0 bridgehead atoms. The van der Waals surface area contributed by atoms with E-state index in [0.29, 0.717) is 6.42 Å². The second-order valence-electron chi connectivity index (χ2n) is 5.76. The summed E-state index contributed by atoms with van der Waals surface area (Å²) in [5.74, 6) is -2.28. The number of carboxylic acids is 1. The average molecular weight is 279 g/mol. The van der Waals surface area contributed by atoms with Crippen molar-refractivity contribution in [1.82, 2.24) is 0 Å². The van der Waals surface area contributed by atoms with Crippen LogP contribution < -0.4 is 5.73 Å². The molecule has 0 aliphatic carbocycles. The van der Waals surface area contributed by atoms with E-state index in [1.54, 1.807) is 20.8 Å². The van der Waals surface area contributed by atoms with Gasteiger partial charge in [0.25, 0.3) is 0 Å². The van der Waals surface area contributed by atoms with Crippen molar-refractivity contribution in [3.8, 4) is 0 Å². The highest BCUT2D eigenvalue weighted by molar-refractivity contribution is 6.03. The summed E-state index contributed by atoms with van der Waals surface area (Å²) in [6.07, 6.45) is 0.379. The number of esters is 1. The largest absolute Gasteiger partial charge is 0.479 e. The van der Waals surface area contributed by atoms with Crippen LogP contribution in [0.25, 0.3) is 0 Å². The van der Waals surface area contributed by atoms with Crippen LogP contribution in [-0.4, -0.2) is 28.2 Å². The lowest BCUT2D eigenvalue weighted by Gasteiger charge is -2.28. The van der Waals surface area contributed by atoms with E-state index < -0.39 is 23.1 Å². The number of rotatable bonds is 5. The molecule has 1 aromatic carbocycles. The van der Waals surface area contributed by atoms with Crippen LogP contribution in [0, 0.1) is 0 Å². The van der Waals surface area contributed by atoms with Crippen LogP contribution in [0.3, 0.4) is 0 Å². The van der Waals surface area contributed by atoms with E-state index in [1.807, 2.05) is 30.3 Å². The highest BCUT2D eigenvalue weighted by atomic mass is 16.6. The van der Waals surface area contributed by atoms with E-state index in [4.69, 9.17) is 10.5 Å². The smallest absolute Gasteiger partial charge is 0.338 e. The number of hydrogen-bond donors (Lipinski definition) is 2. The molecule has 0 radical (unpaired) electrons. The Bertz CT molecular complexity index is 478. The number of nitrogens with two attached hydrogens (primary N) is 1. The molecule has 0 unspecified atom stereocenters. The summed E-state index contributed by atoms with van der Waals surface area (Å²) >= 11 is 0. The van der Waals surface area contributed by atoms with Crippen LogP contribution in [0.2, 0.25) is 0 Å². The molecule has 0 aliphatic heterocycles. The molecule has 0 saturated carbocycles. The van der Waals surface area contributed by atoms with E-state index >= 15 is 0 Å². The molecule has 0 spiro atoms. The summed E-state index contributed by atoms with van der Waals surface area (Å²) < 4.78 is 5.11. The average Bonchev–Trinajstić information content (AvgIpc) is 2.34. The van der Waals surface area contributed by atoms with Gasteiger partial charge in [0.15, 0.2) is 0 Å². The minimum absolute atomic E-state index is 0.0126. The van der Waals surface area contributed by atoms with Gasteiger partial charge in [-0.25, -0.2) is 9.59 Å². The molecule has 1 rings (SSSR count). The van der Waals surface area contributed by atoms with Crippen LogP contribution in [0.5, 0.6) is 0 Å². The first kappa shape index (κ1) is 16.2. The van der Waals surface area contributed by atoms with Gasteiger partial charge in [0, 0.05) is 0 Å². The molecular weight excluding hydrogens is 258 g/mol. The van der Waals surface area contributed by atoms with Crippen molar-refractivity contribution in [2.24, 2.45) is 5.73 Å². The van der Waals surface area contributed by atoms with Gasteiger partial charge in [0.1, 0.15) is 5.60 Å². The SMILES string of the molecule is CC(C)(C)OC(=O)[C@](N)(CCc1ccccc1)C(=O)O. The number of carboxylic acid groups (broad SMARTS) is 1. The van der Waals surface area contributed by atoms with Crippen molar-refractivity contribution in [2.45, 2.75) is 44.8 Å². The third-order valence-corrected chi connectivity index (χ3v) is 2.80. The van der Waals surface area contributed by atoms with Gasteiger partial charge in [-0.1, -0.05) is 30.3 Å². The van der Waals surface area contributed by atoms with E-state index in [0.717, 1.165) is 5.56 Å². The molecule has 5 heteroatoms. The second kappa shape index (κ2) is 6.05. The van der Waals surface area contributed by atoms with Crippen molar-refractivity contribution >= 4 is 11.9 Å². The highest BCUT2D eigenvalue weighted by Gasteiger charge is 2.45. The number of carbonyl (C=O) groups excluding carboxylic acids is 1.